The molecule has 0 saturated carbocycles. The maximum atomic E-state index is 13.1. The van der Waals surface area contributed by atoms with E-state index in [-0.39, 0.29) is 10.0 Å². The highest BCUT2D eigenvalue weighted by Crippen LogP contribution is 2.29. The third kappa shape index (κ3) is 2.68. The van der Waals surface area contributed by atoms with Crippen molar-refractivity contribution in [3.05, 3.63) is 27.7 Å². The first-order valence-electron chi connectivity index (χ1n) is 3.76. The van der Waals surface area contributed by atoms with Gasteiger partial charge in [-0.1, -0.05) is 0 Å². The molecule has 1 N–H and O–H groups in total. The van der Waals surface area contributed by atoms with Crippen molar-refractivity contribution in [3.8, 4) is 0 Å². The number of halogens is 4. The summed E-state index contributed by atoms with van der Waals surface area (Å²) in [5, 5.41) is 8.45. The fourth-order valence-corrected chi connectivity index (χ4v) is 1.59. The molecular formula is C8H5BrF3NO2. The van der Waals surface area contributed by atoms with E-state index in [1.165, 1.54) is 0 Å². The van der Waals surface area contributed by atoms with Crippen LogP contribution < -0.4 is 0 Å². The lowest BCUT2D eigenvalue weighted by molar-refractivity contribution is -0.136. The fourth-order valence-electron chi connectivity index (χ4n) is 0.986. The highest BCUT2D eigenvalue weighted by molar-refractivity contribution is 9.10. The number of nitrogens with zero attached hydrogens (tertiary/aromatic N) is 1. The van der Waals surface area contributed by atoms with Crippen molar-refractivity contribution in [2.24, 2.45) is 0 Å². The second kappa shape index (κ2) is 4.61. The Morgan fingerprint density at radius 3 is 2.67 bits per heavy atom. The average Bonchev–Trinajstić information content (AvgIpc) is 2.11. The van der Waals surface area contributed by atoms with Crippen molar-refractivity contribution in [1.82, 2.24) is 4.98 Å². The van der Waals surface area contributed by atoms with Gasteiger partial charge in [0.25, 0.3) is 6.43 Å². The highest BCUT2D eigenvalue weighted by Gasteiger charge is 2.20. The average molecular weight is 284 g/mol. The summed E-state index contributed by atoms with van der Waals surface area (Å²) < 4.78 is 37.4. The van der Waals surface area contributed by atoms with Crippen molar-refractivity contribution in [3.63, 3.8) is 0 Å². The topological polar surface area (TPSA) is 50.2 Å². The van der Waals surface area contributed by atoms with Crippen LogP contribution in [0.1, 0.15) is 17.7 Å². The first-order valence-corrected chi connectivity index (χ1v) is 4.55. The molecule has 1 aromatic rings. The quantitative estimate of drug-likeness (QED) is 0.928. The smallest absolute Gasteiger partial charge is 0.307 e. The third-order valence-electron chi connectivity index (χ3n) is 1.63. The van der Waals surface area contributed by atoms with Crippen LogP contribution >= 0.6 is 15.9 Å². The molecule has 0 saturated heterocycles. The zero-order valence-electron chi connectivity index (χ0n) is 7.18. The van der Waals surface area contributed by atoms with Crippen molar-refractivity contribution >= 4 is 21.9 Å². The highest BCUT2D eigenvalue weighted by atomic mass is 79.9. The van der Waals surface area contributed by atoms with Crippen LogP contribution in [0.15, 0.2) is 10.7 Å². The molecule has 0 spiro atoms. The number of rotatable bonds is 3. The van der Waals surface area contributed by atoms with Crippen LogP contribution in [0.25, 0.3) is 0 Å². The molecule has 0 radical (unpaired) electrons. The van der Waals surface area contributed by atoms with Gasteiger partial charge in [0.2, 0.25) is 0 Å². The van der Waals surface area contributed by atoms with E-state index in [1.54, 1.807) is 0 Å². The number of aromatic nitrogens is 1. The number of carboxylic acids is 1. The van der Waals surface area contributed by atoms with Gasteiger partial charge in [0.05, 0.1) is 17.1 Å². The van der Waals surface area contributed by atoms with Gasteiger partial charge in [-0.25, -0.2) is 13.2 Å². The SMILES string of the molecule is O=C(O)Cc1c(F)cnc(C(F)F)c1Br. The maximum absolute atomic E-state index is 13.1. The molecule has 0 unspecified atom stereocenters. The van der Waals surface area contributed by atoms with Crippen molar-refractivity contribution in [2.75, 3.05) is 0 Å². The molecule has 0 fully saturated rings. The number of aliphatic carboxylic acids is 1. The Kier molecular flexibility index (Phi) is 3.67. The molecule has 3 nitrogen and oxygen atoms in total. The van der Waals surface area contributed by atoms with Crippen LogP contribution in [-0.2, 0) is 11.2 Å². The molecule has 0 aliphatic rings. The zero-order valence-corrected chi connectivity index (χ0v) is 8.76. The van der Waals surface area contributed by atoms with Gasteiger partial charge < -0.3 is 5.11 Å². The Morgan fingerprint density at radius 1 is 1.60 bits per heavy atom. The van der Waals surface area contributed by atoms with Crippen LogP contribution in [0.2, 0.25) is 0 Å². The van der Waals surface area contributed by atoms with Crippen LogP contribution in [0.3, 0.4) is 0 Å². The van der Waals surface area contributed by atoms with E-state index in [0.717, 1.165) is 0 Å². The second-order valence-corrected chi connectivity index (χ2v) is 3.45. The molecule has 0 aromatic carbocycles. The first kappa shape index (κ1) is 12.0. The minimum Gasteiger partial charge on any atom is -0.481 e. The Balaban J connectivity index is 3.23. The Morgan fingerprint density at radius 2 is 2.20 bits per heavy atom. The summed E-state index contributed by atoms with van der Waals surface area (Å²) in [6, 6.07) is 0. The predicted molar refractivity (Wildman–Crippen MR) is 48.2 cm³/mol. The summed E-state index contributed by atoms with van der Waals surface area (Å²) in [4.78, 5) is 13.5. The largest absolute Gasteiger partial charge is 0.481 e. The third-order valence-corrected chi connectivity index (χ3v) is 2.51. The van der Waals surface area contributed by atoms with Crippen molar-refractivity contribution in [1.29, 1.82) is 0 Å². The number of hydrogen-bond acceptors (Lipinski definition) is 2. The lowest BCUT2D eigenvalue weighted by Crippen LogP contribution is -2.06. The van der Waals surface area contributed by atoms with Crippen LogP contribution in [0.4, 0.5) is 13.2 Å². The lowest BCUT2D eigenvalue weighted by atomic mass is 10.1. The summed E-state index contributed by atoms with van der Waals surface area (Å²) in [5.74, 6) is -2.23. The molecule has 1 heterocycles. The van der Waals surface area contributed by atoms with Crippen LogP contribution in [0, 0.1) is 5.82 Å². The van der Waals surface area contributed by atoms with E-state index in [4.69, 9.17) is 5.11 Å². The van der Waals surface area contributed by atoms with E-state index in [0.29, 0.717) is 6.20 Å². The van der Waals surface area contributed by atoms with Gasteiger partial charge in [0, 0.05) is 5.56 Å². The van der Waals surface area contributed by atoms with Gasteiger partial charge >= 0.3 is 5.97 Å². The van der Waals surface area contributed by atoms with Crippen LogP contribution in [0.5, 0.6) is 0 Å². The van der Waals surface area contributed by atoms with E-state index < -0.39 is 30.3 Å². The number of carbonyl (C=O) groups is 1. The molecular weight excluding hydrogens is 279 g/mol. The summed E-state index contributed by atoms with van der Waals surface area (Å²) in [5.41, 5.74) is -0.986. The summed E-state index contributed by atoms with van der Waals surface area (Å²) in [6.45, 7) is 0. The van der Waals surface area contributed by atoms with Gasteiger partial charge in [-0.3, -0.25) is 9.78 Å². The molecule has 0 amide bonds. The molecule has 15 heavy (non-hydrogen) atoms. The van der Waals surface area contributed by atoms with E-state index in [1.807, 2.05) is 0 Å². The minimum atomic E-state index is -2.88. The molecule has 0 atom stereocenters. The number of alkyl halides is 2. The number of hydrogen-bond donors (Lipinski definition) is 1. The monoisotopic (exact) mass is 283 g/mol. The van der Waals surface area contributed by atoms with Gasteiger partial charge in [-0.2, -0.15) is 0 Å². The molecule has 1 rings (SSSR count). The summed E-state index contributed by atoms with van der Waals surface area (Å²) >= 11 is 2.72. The predicted octanol–water partition coefficient (Wildman–Crippen LogP) is 2.55. The molecule has 0 bridgehead atoms. The lowest BCUT2D eigenvalue weighted by Gasteiger charge is -2.07. The molecule has 7 heteroatoms. The summed E-state index contributed by atoms with van der Waals surface area (Å²) in [6.07, 6.45) is -2.97. The van der Waals surface area contributed by atoms with Gasteiger partial charge in [0.15, 0.2) is 0 Å². The molecule has 1 aromatic heterocycles. The van der Waals surface area contributed by atoms with Crippen LogP contribution in [-0.4, -0.2) is 16.1 Å². The molecule has 0 aliphatic heterocycles. The van der Waals surface area contributed by atoms with Gasteiger partial charge in [-0.05, 0) is 15.9 Å². The van der Waals surface area contributed by atoms with E-state index in [2.05, 4.69) is 20.9 Å². The standard InChI is InChI=1S/C8H5BrF3NO2/c9-6-3(1-5(14)15)4(10)2-13-7(6)8(11)12/h2,8H,1H2,(H,14,15). The maximum Gasteiger partial charge on any atom is 0.307 e. The van der Waals surface area contributed by atoms with Crippen molar-refractivity contribution in [2.45, 2.75) is 12.8 Å². The van der Waals surface area contributed by atoms with Gasteiger partial charge in [0.1, 0.15) is 11.5 Å². The first-order chi connectivity index (χ1) is 6.93. The molecule has 0 aliphatic carbocycles. The zero-order chi connectivity index (χ0) is 11.6. The minimum absolute atomic E-state index is 0.292. The number of pyridine rings is 1. The normalized spacial score (nSPS) is 10.7. The summed E-state index contributed by atoms with van der Waals surface area (Å²) in [7, 11) is 0. The van der Waals surface area contributed by atoms with E-state index >= 15 is 0 Å². The Hall–Kier alpha value is -1.11. The Bertz CT molecular complexity index is 398. The molecule has 82 valence electrons. The number of carboxylic acid groups (broad SMARTS) is 1. The fraction of sp³-hybridized carbons (Fsp3) is 0.250. The second-order valence-electron chi connectivity index (χ2n) is 2.66. The Labute approximate surface area is 91.1 Å². The van der Waals surface area contributed by atoms with E-state index in [9.17, 15) is 18.0 Å². The van der Waals surface area contributed by atoms with Gasteiger partial charge in [-0.15, -0.1) is 0 Å². The van der Waals surface area contributed by atoms with Crippen molar-refractivity contribution < 1.29 is 23.1 Å².